The first-order valence-corrected chi connectivity index (χ1v) is 7.35. The molecule has 0 heterocycles. The molecule has 0 aromatic heterocycles. The van der Waals surface area contributed by atoms with Crippen LogP contribution in [0.5, 0.6) is 0 Å². The summed E-state index contributed by atoms with van der Waals surface area (Å²) in [5.41, 5.74) is 7.42. The summed E-state index contributed by atoms with van der Waals surface area (Å²) in [6.07, 6.45) is 0.807. The molecule has 0 aliphatic carbocycles. The van der Waals surface area contributed by atoms with Crippen molar-refractivity contribution in [3.63, 3.8) is 0 Å². The van der Waals surface area contributed by atoms with Crippen LogP contribution in [0.4, 0.5) is 0 Å². The second-order valence-corrected chi connectivity index (χ2v) is 5.75. The van der Waals surface area contributed by atoms with Crippen molar-refractivity contribution in [2.24, 2.45) is 5.73 Å². The fourth-order valence-corrected chi connectivity index (χ4v) is 2.98. The summed E-state index contributed by atoms with van der Waals surface area (Å²) >= 11 is 6.10. The molecule has 1 aromatic carbocycles. The van der Waals surface area contributed by atoms with Crippen LogP contribution < -0.4 is 5.73 Å². The van der Waals surface area contributed by atoms with Gasteiger partial charge in [-0.25, -0.2) is 0 Å². The lowest BCUT2D eigenvalue weighted by molar-refractivity contribution is 0.200. The van der Waals surface area contributed by atoms with Gasteiger partial charge in [-0.1, -0.05) is 23.7 Å². The third-order valence-electron chi connectivity index (χ3n) is 2.39. The first-order chi connectivity index (χ1) is 8.17. The third-order valence-corrected chi connectivity index (χ3v) is 4.12. The number of hydrogen-bond donors (Lipinski definition) is 1. The highest BCUT2D eigenvalue weighted by atomic mass is 35.5. The number of halogens is 1. The SMILES string of the molecule is COCCCS(=O)Cc1ccc(CN)cc1Cl. The molecule has 1 unspecified atom stereocenters. The Morgan fingerprint density at radius 3 is 2.82 bits per heavy atom. The van der Waals surface area contributed by atoms with Crippen LogP contribution in [0.15, 0.2) is 18.2 Å². The van der Waals surface area contributed by atoms with Crippen LogP contribution in [0.2, 0.25) is 5.02 Å². The molecule has 0 fully saturated rings. The zero-order chi connectivity index (χ0) is 12.7. The van der Waals surface area contributed by atoms with E-state index in [9.17, 15) is 4.21 Å². The van der Waals surface area contributed by atoms with Gasteiger partial charge < -0.3 is 10.5 Å². The summed E-state index contributed by atoms with van der Waals surface area (Å²) in [4.78, 5) is 0. The van der Waals surface area contributed by atoms with E-state index in [4.69, 9.17) is 22.1 Å². The molecular weight excluding hydrogens is 258 g/mol. The zero-order valence-corrected chi connectivity index (χ0v) is 11.5. The van der Waals surface area contributed by atoms with Crippen LogP contribution in [0.3, 0.4) is 0 Å². The largest absolute Gasteiger partial charge is 0.385 e. The van der Waals surface area contributed by atoms with E-state index in [1.807, 2.05) is 18.2 Å². The van der Waals surface area contributed by atoms with Gasteiger partial charge in [0.25, 0.3) is 0 Å². The van der Waals surface area contributed by atoms with Gasteiger partial charge in [-0.15, -0.1) is 0 Å². The molecular formula is C12H18ClNO2S. The van der Waals surface area contributed by atoms with Crippen LogP contribution in [-0.4, -0.2) is 23.7 Å². The molecule has 5 heteroatoms. The molecule has 2 N–H and O–H groups in total. The molecule has 96 valence electrons. The summed E-state index contributed by atoms with van der Waals surface area (Å²) < 4.78 is 16.7. The second-order valence-electron chi connectivity index (χ2n) is 3.76. The minimum Gasteiger partial charge on any atom is -0.385 e. The Morgan fingerprint density at radius 2 is 2.24 bits per heavy atom. The van der Waals surface area contributed by atoms with Crippen LogP contribution in [0.25, 0.3) is 0 Å². The van der Waals surface area contributed by atoms with Gasteiger partial charge in [0.15, 0.2) is 0 Å². The standard InChI is InChI=1S/C12H18ClNO2S/c1-16-5-2-6-17(15)9-11-4-3-10(8-14)7-12(11)13/h3-4,7H,2,5-6,8-9,14H2,1H3. The smallest absolute Gasteiger partial charge is 0.0500 e. The third kappa shape index (κ3) is 5.17. The first kappa shape index (κ1) is 14.6. The maximum absolute atomic E-state index is 11.8. The van der Waals surface area contributed by atoms with E-state index >= 15 is 0 Å². The van der Waals surface area contributed by atoms with Crippen molar-refractivity contribution >= 4 is 22.4 Å². The molecule has 0 aliphatic rings. The van der Waals surface area contributed by atoms with Crippen molar-refractivity contribution in [1.29, 1.82) is 0 Å². The second kappa shape index (κ2) is 7.82. The Morgan fingerprint density at radius 1 is 1.47 bits per heavy atom. The van der Waals surface area contributed by atoms with Gasteiger partial charge in [-0.05, 0) is 23.6 Å². The molecule has 0 radical (unpaired) electrons. The highest BCUT2D eigenvalue weighted by Gasteiger charge is 2.06. The molecule has 1 aromatic rings. The lowest BCUT2D eigenvalue weighted by atomic mass is 10.1. The summed E-state index contributed by atoms with van der Waals surface area (Å²) in [5, 5.41) is 0.646. The average Bonchev–Trinajstić information content (AvgIpc) is 2.32. The lowest BCUT2D eigenvalue weighted by Crippen LogP contribution is -2.05. The maximum Gasteiger partial charge on any atom is 0.0500 e. The summed E-state index contributed by atoms with van der Waals surface area (Å²) in [6.45, 7) is 1.11. The normalized spacial score (nSPS) is 12.6. The van der Waals surface area contributed by atoms with E-state index in [-0.39, 0.29) is 0 Å². The van der Waals surface area contributed by atoms with Gasteiger partial charge in [0, 0.05) is 47.6 Å². The van der Waals surface area contributed by atoms with Crippen molar-refractivity contribution in [2.45, 2.75) is 18.7 Å². The topological polar surface area (TPSA) is 52.3 Å². The highest BCUT2D eigenvalue weighted by molar-refractivity contribution is 7.84. The van der Waals surface area contributed by atoms with Crippen molar-refractivity contribution in [1.82, 2.24) is 0 Å². The fraction of sp³-hybridized carbons (Fsp3) is 0.500. The molecule has 3 nitrogen and oxygen atoms in total. The zero-order valence-electron chi connectivity index (χ0n) is 9.95. The summed E-state index contributed by atoms with van der Waals surface area (Å²) in [6, 6.07) is 5.66. The molecule has 17 heavy (non-hydrogen) atoms. The molecule has 1 rings (SSSR count). The molecule has 0 spiro atoms. The van der Waals surface area contributed by atoms with E-state index in [1.165, 1.54) is 0 Å². The molecule has 1 atom stereocenters. The Bertz CT molecular complexity index is 385. The quantitative estimate of drug-likeness (QED) is 0.775. The van der Waals surface area contributed by atoms with Crippen molar-refractivity contribution in [2.75, 3.05) is 19.5 Å². The number of methoxy groups -OCH3 is 1. The lowest BCUT2D eigenvalue weighted by Gasteiger charge is -2.06. The Labute approximate surface area is 110 Å². The van der Waals surface area contributed by atoms with E-state index in [0.717, 1.165) is 17.5 Å². The first-order valence-electron chi connectivity index (χ1n) is 5.48. The van der Waals surface area contributed by atoms with Crippen molar-refractivity contribution in [3.8, 4) is 0 Å². The molecule has 0 saturated heterocycles. The highest BCUT2D eigenvalue weighted by Crippen LogP contribution is 2.19. The van der Waals surface area contributed by atoms with Gasteiger partial charge >= 0.3 is 0 Å². The van der Waals surface area contributed by atoms with Crippen LogP contribution in [-0.2, 0) is 27.8 Å². The molecule has 0 saturated carbocycles. The van der Waals surface area contributed by atoms with E-state index < -0.39 is 10.8 Å². The molecule has 0 amide bonds. The Balaban J connectivity index is 2.53. The number of hydrogen-bond acceptors (Lipinski definition) is 3. The van der Waals surface area contributed by atoms with Crippen LogP contribution in [0, 0.1) is 0 Å². The van der Waals surface area contributed by atoms with Crippen LogP contribution in [0.1, 0.15) is 17.5 Å². The number of ether oxygens (including phenoxy) is 1. The van der Waals surface area contributed by atoms with Crippen molar-refractivity contribution in [3.05, 3.63) is 34.3 Å². The van der Waals surface area contributed by atoms with Gasteiger partial charge in [0.1, 0.15) is 0 Å². The Hall–Kier alpha value is -0.420. The van der Waals surface area contributed by atoms with Gasteiger partial charge in [-0.3, -0.25) is 4.21 Å². The summed E-state index contributed by atoms with van der Waals surface area (Å²) in [7, 11) is 0.757. The Kier molecular flexibility index (Phi) is 6.73. The minimum atomic E-state index is -0.887. The van der Waals surface area contributed by atoms with Gasteiger partial charge in [-0.2, -0.15) is 0 Å². The van der Waals surface area contributed by atoms with Crippen molar-refractivity contribution < 1.29 is 8.95 Å². The summed E-state index contributed by atoms with van der Waals surface area (Å²) in [5.74, 6) is 1.14. The monoisotopic (exact) mass is 275 g/mol. The minimum absolute atomic E-state index is 0.469. The van der Waals surface area contributed by atoms with E-state index in [1.54, 1.807) is 7.11 Å². The average molecular weight is 276 g/mol. The number of nitrogens with two attached hydrogens (primary N) is 1. The van der Waals surface area contributed by atoms with Gasteiger partial charge in [0.2, 0.25) is 0 Å². The number of benzene rings is 1. The molecule has 0 aliphatic heterocycles. The fourth-order valence-electron chi connectivity index (χ4n) is 1.44. The molecule has 0 bridgehead atoms. The van der Waals surface area contributed by atoms with Gasteiger partial charge in [0.05, 0.1) is 0 Å². The van der Waals surface area contributed by atoms with Crippen LogP contribution >= 0.6 is 11.6 Å². The van der Waals surface area contributed by atoms with E-state index in [0.29, 0.717) is 29.7 Å². The predicted octanol–water partition coefficient (Wildman–Crippen LogP) is 2.08. The maximum atomic E-state index is 11.8. The predicted molar refractivity (Wildman–Crippen MR) is 72.5 cm³/mol. The number of rotatable bonds is 7. The van der Waals surface area contributed by atoms with E-state index in [2.05, 4.69) is 0 Å².